The van der Waals surface area contributed by atoms with Gasteiger partial charge in [-0.3, -0.25) is 0 Å². The number of hydrogen-bond acceptors (Lipinski definition) is 7. The van der Waals surface area contributed by atoms with E-state index in [4.69, 9.17) is 0 Å². The van der Waals surface area contributed by atoms with Crippen molar-refractivity contribution in [3.05, 3.63) is 53.9 Å². The molecule has 2 aliphatic rings. The minimum absolute atomic E-state index is 0.0535. The smallest absolute Gasteiger partial charge is 0.229 e. The Balaban J connectivity index is 1.36. The molecule has 1 N–H and O–H groups in total. The summed E-state index contributed by atoms with van der Waals surface area (Å²) in [7, 11) is 4.27. The standard InChI is InChI=1S/C30H39F2N7/c1-19(2)39-18-30(3,4)15-23-24(31)13-20(14-26(23)39)28-25(32)17-34-29(36-28)35-27-8-7-22(16-33-27)38-11-9-21(10-12-38)37(5)6/h7-8,13-14,16-17,19,21H,9-12,15,18H2,1-6H3,(H,33,34,35,36). The quantitative estimate of drug-likeness (QED) is 0.423. The van der Waals surface area contributed by atoms with Gasteiger partial charge in [-0.25, -0.2) is 23.7 Å². The Morgan fingerprint density at radius 3 is 2.41 bits per heavy atom. The van der Waals surface area contributed by atoms with E-state index in [1.807, 2.05) is 24.4 Å². The van der Waals surface area contributed by atoms with Gasteiger partial charge in [0.05, 0.1) is 18.1 Å². The fourth-order valence-corrected chi connectivity index (χ4v) is 5.76. The van der Waals surface area contributed by atoms with Crippen LogP contribution in [0.2, 0.25) is 0 Å². The van der Waals surface area contributed by atoms with Crippen LogP contribution >= 0.6 is 0 Å². The number of benzene rings is 1. The van der Waals surface area contributed by atoms with Gasteiger partial charge < -0.3 is 20.0 Å². The third-order valence-electron chi connectivity index (χ3n) is 7.92. The van der Waals surface area contributed by atoms with E-state index < -0.39 is 5.82 Å². The molecule has 0 saturated carbocycles. The van der Waals surface area contributed by atoms with Gasteiger partial charge in [0, 0.05) is 48.5 Å². The molecule has 2 aliphatic heterocycles. The number of piperidine rings is 1. The number of hydrogen-bond donors (Lipinski definition) is 1. The molecular formula is C30H39F2N7. The van der Waals surface area contributed by atoms with Crippen LogP contribution in [0.15, 0.2) is 36.7 Å². The largest absolute Gasteiger partial charge is 0.370 e. The van der Waals surface area contributed by atoms with E-state index in [1.54, 1.807) is 0 Å². The van der Waals surface area contributed by atoms with Crippen molar-refractivity contribution in [2.24, 2.45) is 5.41 Å². The van der Waals surface area contributed by atoms with E-state index in [0.717, 1.165) is 50.0 Å². The van der Waals surface area contributed by atoms with E-state index in [0.29, 0.717) is 29.4 Å². The lowest BCUT2D eigenvalue weighted by atomic mass is 9.80. The van der Waals surface area contributed by atoms with Crippen molar-refractivity contribution in [3.8, 4) is 11.3 Å². The minimum atomic E-state index is -0.600. The van der Waals surface area contributed by atoms with Crippen LogP contribution in [0.25, 0.3) is 11.3 Å². The zero-order valence-corrected chi connectivity index (χ0v) is 23.8. The average molecular weight is 536 g/mol. The van der Waals surface area contributed by atoms with Crippen molar-refractivity contribution in [2.75, 3.05) is 48.8 Å². The molecule has 0 radical (unpaired) electrons. The fraction of sp³-hybridized carbons (Fsp3) is 0.500. The maximum atomic E-state index is 15.4. The lowest BCUT2D eigenvalue weighted by molar-refractivity contribution is 0.249. The molecule has 0 spiro atoms. The zero-order chi connectivity index (χ0) is 27.9. The van der Waals surface area contributed by atoms with E-state index >= 15 is 4.39 Å². The van der Waals surface area contributed by atoms with Crippen LogP contribution in [0.4, 0.5) is 31.9 Å². The van der Waals surface area contributed by atoms with Crippen LogP contribution in [-0.4, -0.2) is 65.7 Å². The van der Waals surface area contributed by atoms with Gasteiger partial charge in [0.25, 0.3) is 0 Å². The molecule has 0 unspecified atom stereocenters. The summed E-state index contributed by atoms with van der Waals surface area (Å²) >= 11 is 0. The number of nitrogens with one attached hydrogen (secondary N) is 1. The van der Waals surface area contributed by atoms with Crippen LogP contribution in [-0.2, 0) is 6.42 Å². The summed E-state index contributed by atoms with van der Waals surface area (Å²) in [4.78, 5) is 19.9. The highest BCUT2D eigenvalue weighted by Crippen LogP contribution is 2.41. The van der Waals surface area contributed by atoms with Crippen molar-refractivity contribution in [2.45, 2.75) is 59.0 Å². The Morgan fingerprint density at radius 2 is 1.77 bits per heavy atom. The van der Waals surface area contributed by atoms with E-state index in [9.17, 15) is 4.39 Å². The lowest BCUT2D eigenvalue weighted by Gasteiger charge is -2.43. The first-order chi connectivity index (χ1) is 18.5. The number of halogens is 2. The number of pyridine rings is 1. The fourth-order valence-electron chi connectivity index (χ4n) is 5.76. The third kappa shape index (κ3) is 5.83. The highest BCUT2D eigenvalue weighted by molar-refractivity contribution is 5.71. The maximum absolute atomic E-state index is 15.4. The van der Waals surface area contributed by atoms with Crippen molar-refractivity contribution in [1.82, 2.24) is 19.9 Å². The molecule has 2 aromatic heterocycles. The van der Waals surface area contributed by atoms with Crippen molar-refractivity contribution >= 4 is 23.1 Å². The molecule has 208 valence electrons. The monoisotopic (exact) mass is 535 g/mol. The lowest BCUT2D eigenvalue weighted by Crippen LogP contribution is -2.44. The molecule has 5 rings (SSSR count). The molecule has 1 fully saturated rings. The molecule has 3 aromatic rings. The van der Waals surface area contributed by atoms with Crippen LogP contribution in [0.1, 0.15) is 46.1 Å². The summed E-state index contributed by atoms with van der Waals surface area (Å²) in [6, 6.07) is 7.94. The van der Waals surface area contributed by atoms with Gasteiger partial charge in [0.2, 0.25) is 5.95 Å². The molecule has 7 nitrogen and oxygen atoms in total. The van der Waals surface area contributed by atoms with Gasteiger partial charge in [0.15, 0.2) is 5.82 Å². The summed E-state index contributed by atoms with van der Waals surface area (Å²) in [5.41, 5.74) is 2.95. The summed E-state index contributed by atoms with van der Waals surface area (Å²) in [5, 5.41) is 3.08. The Hall–Kier alpha value is -3.33. The molecule has 1 aromatic carbocycles. The Morgan fingerprint density at radius 1 is 1.03 bits per heavy atom. The normalized spacial score (nSPS) is 17.6. The molecule has 0 atom stereocenters. The van der Waals surface area contributed by atoms with E-state index in [1.165, 1.54) is 6.07 Å². The maximum Gasteiger partial charge on any atom is 0.229 e. The van der Waals surface area contributed by atoms with Gasteiger partial charge >= 0.3 is 0 Å². The third-order valence-corrected chi connectivity index (χ3v) is 7.92. The molecule has 1 saturated heterocycles. The second-order valence-electron chi connectivity index (χ2n) is 12.1. The van der Waals surface area contributed by atoms with E-state index in [2.05, 4.69) is 76.8 Å². The number of aromatic nitrogens is 3. The highest BCUT2D eigenvalue weighted by atomic mass is 19.1. The molecule has 0 aliphatic carbocycles. The highest BCUT2D eigenvalue weighted by Gasteiger charge is 2.34. The van der Waals surface area contributed by atoms with Gasteiger partial charge in [-0.1, -0.05) is 13.8 Å². The van der Waals surface area contributed by atoms with Crippen molar-refractivity contribution < 1.29 is 8.78 Å². The van der Waals surface area contributed by atoms with Crippen molar-refractivity contribution in [1.29, 1.82) is 0 Å². The summed E-state index contributed by atoms with van der Waals surface area (Å²) in [6.45, 7) is 11.3. The summed E-state index contributed by atoms with van der Waals surface area (Å²) in [6.07, 6.45) is 5.83. The first-order valence-corrected chi connectivity index (χ1v) is 13.8. The Labute approximate surface area is 230 Å². The van der Waals surface area contributed by atoms with Crippen LogP contribution in [0.3, 0.4) is 0 Å². The molecule has 0 bridgehead atoms. The second kappa shape index (κ2) is 10.7. The van der Waals surface area contributed by atoms with Gasteiger partial charge in [-0.15, -0.1) is 0 Å². The SMILES string of the molecule is CC(C)N1CC(C)(C)Cc2c(F)cc(-c3nc(Nc4ccc(N5CCC(N(C)C)CC5)cn4)ncc3F)cc21. The van der Waals surface area contributed by atoms with Crippen LogP contribution in [0.5, 0.6) is 0 Å². The average Bonchev–Trinajstić information content (AvgIpc) is 2.90. The molecule has 9 heteroatoms. The first-order valence-electron chi connectivity index (χ1n) is 13.8. The molecule has 4 heterocycles. The number of nitrogens with zero attached hydrogens (tertiary/aromatic N) is 6. The van der Waals surface area contributed by atoms with Crippen LogP contribution < -0.4 is 15.1 Å². The van der Waals surface area contributed by atoms with Gasteiger partial charge in [-0.2, -0.15) is 0 Å². The molecular weight excluding hydrogens is 496 g/mol. The zero-order valence-electron chi connectivity index (χ0n) is 23.8. The second-order valence-corrected chi connectivity index (χ2v) is 12.1. The van der Waals surface area contributed by atoms with Gasteiger partial charge in [0.1, 0.15) is 17.3 Å². The van der Waals surface area contributed by atoms with E-state index in [-0.39, 0.29) is 28.9 Å². The first kappa shape index (κ1) is 27.2. The number of rotatable bonds is 6. The van der Waals surface area contributed by atoms with Gasteiger partial charge in [-0.05, 0) is 76.9 Å². The topological polar surface area (TPSA) is 60.4 Å². The summed E-state index contributed by atoms with van der Waals surface area (Å²) < 4.78 is 30.4. The van der Waals surface area contributed by atoms with Crippen molar-refractivity contribution in [3.63, 3.8) is 0 Å². The Bertz CT molecular complexity index is 1320. The predicted octanol–water partition coefficient (Wildman–Crippen LogP) is 5.89. The Kier molecular flexibility index (Phi) is 7.46. The van der Waals surface area contributed by atoms with Crippen LogP contribution in [0, 0.1) is 17.0 Å². The summed E-state index contributed by atoms with van der Waals surface area (Å²) in [5.74, 6) is -0.167. The number of anilines is 4. The predicted molar refractivity (Wildman–Crippen MR) is 154 cm³/mol. The molecule has 39 heavy (non-hydrogen) atoms. The minimum Gasteiger partial charge on any atom is -0.370 e. The molecule has 0 amide bonds. The number of fused-ring (bicyclic) bond motifs is 1.